The van der Waals surface area contributed by atoms with Crippen LogP contribution in [0.2, 0.25) is 0 Å². The summed E-state index contributed by atoms with van der Waals surface area (Å²) in [5, 5.41) is 16.4. The summed E-state index contributed by atoms with van der Waals surface area (Å²) < 4.78 is 2.53. The second-order valence-electron chi connectivity index (χ2n) is 10.6. The largest absolute Gasteiger partial charge is 0.135 e. The van der Waals surface area contributed by atoms with Crippen molar-refractivity contribution in [2.45, 2.75) is 20.3 Å². The number of aromatic nitrogens is 3. The van der Waals surface area contributed by atoms with Crippen LogP contribution in [0.3, 0.4) is 0 Å². The molecule has 2 heterocycles. The Balaban J connectivity index is 1.52. The molecule has 1 aliphatic rings. The SMILES string of the molecule is Cc1cc2c(c(-c3c(-c4ccccc4)nnnc3-c3cccc4sc5ccccc5c34)c1C)Cc1ccccc1-2. The molecule has 7 aromatic rings. The van der Waals surface area contributed by atoms with Crippen LogP contribution in [-0.4, -0.2) is 15.4 Å². The van der Waals surface area contributed by atoms with Gasteiger partial charge in [-0.1, -0.05) is 91.0 Å². The lowest BCUT2D eigenvalue weighted by molar-refractivity contribution is 0.878. The predicted molar refractivity (Wildman–Crippen MR) is 167 cm³/mol. The number of benzene rings is 5. The molecule has 190 valence electrons. The monoisotopic (exact) mass is 531 g/mol. The van der Waals surface area contributed by atoms with Crippen LogP contribution in [0, 0.1) is 13.8 Å². The molecule has 0 aliphatic heterocycles. The van der Waals surface area contributed by atoms with Crippen molar-refractivity contribution in [3.8, 4) is 44.8 Å². The standard InChI is InChI=1S/C36H25N3S/c1-21-19-28-25-14-7-6-13-24(25)20-29(28)32(22(21)2)34-35(23-11-4-3-5-12-23)37-39-38-36(34)27-16-10-18-31-33(27)26-15-8-9-17-30(26)40-31/h3-19H,20H2,1-2H3. The minimum absolute atomic E-state index is 0.869. The van der Waals surface area contributed by atoms with Gasteiger partial charge in [-0.25, -0.2) is 0 Å². The van der Waals surface area contributed by atoms with E-state index in [1.165, 1.54) is 59.1 Å². The van der Waals surface area contributed by atoms with E-state index in [0.29, 0.717) is 0 Å². The van der Waals surface area contributed by atoms with Gasteiger partial charge in [0.15, 0.2) is 0 Å². The van der Waals surface area contributed by atoms with E-state index in [1.807, 2.05) is 17.4 Å². The molecule has 0 unspecified atom stereocenters. The fourth-order valence-electron chi connectivity index (χ4n) is 6.38. The zero-order valence-electron chi connectivity index (χ0n) is 22.3. The van der Waals surface area contributed by atoms with Gasteiger partial charge < -0.3 is 0 Å². The number of aryl methyl sites for hydroxylation is 1. The normalized spacial score (nSPS) is 12.2. The number of rotatable bonds is 3. The summed E-state index contributed by atoms with van der Waals surface area (Å²) in [6, 6.07) is 36.8. The van der Waals surface area contributed by atoms with Gasteiger partial charge >= 0.3 is 0 Å². The number of hydrogen-bond donors (Lipinski definition) is 0. The zero-order valence-corrected chi connectivity index (χ0v) is 23.1. The molecule has 0 amide bonds. The highest BCUT2D eigenvalue weighted by atomic mass is 32.1. The van der Waals surface area contributed by atoms with Crippen LogP contribution < -0.4 is 0 Å². The Kier molecular flexibility index (Phi) is 5.19. The maximum atomic E-state index is 4.84. The van der Waals surface area contributed by atoms with Gasteiger partial charge in [0.2, 0.25) is 0 Å². The number of fused-ring (bicyclic) bond motifs is 6. The fourth-order valence-corrected chi connectivity index (χ4v) is 7.51. The molecule has 5 aromatic carbocycles. The topological polar surface area (TPSA) is 38.7 Å². The van der Waals surface area contributed by atoms with Crippen LogP contribution in [0.15, 0.2) is 103 Å². The molecule has 3 nitrogen and oxygen atoms in total. The molecule has 0 saturated heterocycles. The van der Waals surface area contributed by atoms with Crippen molar-refractivity contribution in [2.24, 2.45) is 0 Å². The Bertz CT molecular complexity index is 2110. The molecule has 1 aliphatic carbocycles. The summed E-state index contributed by atoms with van der Waals surface area (Å²) in [6.45, 7) is 4.46. The van der Waals surface area contributed by atoms with Crippen molar-refractivity contribution in [1.82, 2.24) is 15.4 Å². The Morgan fingerprint density at radius 1 is 0.625 bits per heavy atom. The van der Waals surface area contributed by atoms with Gasteiger partial charge in [-0.2, -0.15) is 0 Å². The molecule has 0 fully saturated rings. The van der Waals surface area contributed by atoms with E-state index >= 15 is 0 Å². The lowest BCUT2D eigenvalue weighted by Crippen LogP contribution is -2.04. The summed E-state index contributed by atoms with van der Waals surface area (Å²) in [6.07, 6.45) is 0.892. The third kappa shape index (κ3) is 3.39. The van der Waals surface area contributed by atoms with Crippen molar-refractivity contribution in [3.63, 3.8) is 0 Å². The summed E-state index contributed by atoms with van der Waals surface area (Å²) in [7, 11) is 0. The smallest absolute Gasteiger partial charge is 0.105 e. The van der Waals surface area contributed by atoms with Gasteiger partial charge in [-0.15, -0.1) is 21.5 Å². The fraction of sp³-hybridized carbons (Fsp3) is 0.0833. The van der Waals surface area contributed by atoms with E-state index in [0.717, 1.165) is 34.5 Å². The first kappa shape index (κ1) is 23.2. The molecular weight excluding hydrogens is 506 g/mol. The first-order chi connectivity index (χ1) is 19.7. The zero-order chi connectivity index (χ0) is 26.8. The van der Waals surface area contributed by atoms with Crippen molar-refractivity contribution >= 4 is 31.5 Å². The van der Waals surface area contributed by atoms with E-state index in [-0.39, 0.29) is 0 Å². The van der Waals surface area contributed by atoms with Gasteiger partial charge in [-0.3, -0.25) is 0 Å². The van der Waals surface area contributed by atoms with Crippen LogP contribution in [0.1, 0.15) is 22.3 Å². The highest BCUT2D eigenvalue weighted by Gasteiger charge is 2.29. The molecule has 0 radical (unpaired) electrons. The van der Waals surface area contributed by atoms with Crippen molar-refractivity contribution in [2.75, 3.05) is 0 Å². The first-order valence-corrected chi connectivity index (χ1v) is 14.4. The van der Waals surface area contributed by atoms with E-state index in [2.05, 4.69) is 116 Å². The van der Waals surface area contributed by atoms with E-state index in [9.17, 15) is 0 Å². The van der Waals surface area contributed by atoms with Crippen molar-refractivity contribution in [3.05, 3.63) is 125 Å². The molecule has 0 saturated carbocycles. The maximum Gasteiger partial charge on any atom is 0.105 e. The van der Waals surface area contributed by atoms with E-state index in [1.54, 1.807) is 0 Å². The Labute approximate surface area is 236 Å². The lowest BCUT2D eigenvalue weighted by atomic mass is 9.84. The maximum absolute atomic E-state index is 4.84. The van der Waals surface area contributed by atoms with Crippen molar-refractivity contribution < 1.29 is 0 Å². The Morgan fingerprint density at radius 2 is 1.35 bits per heavy atom. The molecule has 0 spiro atoms. The number of thiophene rings is 1. The summed E-state index contributed by atoms with van der Waals surface area (Å²) in [4.78, 5) is 0. The third-order valence-electron chi connectivity index (χ3n) is 8.35. The molecule has 40 heavy (non-hydrogen) atoms. The van der Waals surface area contributed by atoms with Gasteiger partial charge in [0.05, 0.1) is 0 Å². The molecule has 4 heteroatoms. The van der Waals surface area contributed by atoms with Gasteiger partial charge in [-0.05, 0) is 76.6 Å². The van der Waals surface area contributed by atoms with Crippen LogP contribution >= 0.6 is 11.3 Å². The molecule has 0 atom stereocenters. The van der Waals surface area contributed by atoms with Gasteiger partial charge in [0.1, 0.15) is 11.4 Å². The van der Waals surface area contributed by atoms with Gasteiger partial charge in [0, 0.05) is 36.9 Å². The number of hydrogen-bond acceptors (Lipinski definition) is 4. The van der Waals surface area contributed by atoms with Crippen LogP contribution in [-0.2, 0) is 6.42 Å². The molecular formula is C36H25N3S. The van der Waals surface area contributed by atoms with Crippen LogP contribution in [0.25, 0.3) is 64.9 Å². The predicted octanol–water partition coefficient (Wildman–Crippen LogP) is 9.43. The second-order valence-corrected chi connectivity index (χ2v) is 11.6. The summed E-state index contributed by atoms with van der Waals surface area (Å²) in [5.41, 5.74) is 14.1. The van der Waals surface area contributed by atoms with Gasteiger partial charge in [0.25, 0.3) is 0 Å². The molecule has 8 rings (SSSR count). The first-order valence-electron chi connectivity index (χ1n) is 13.6. The lowest BCUT2D eigenvalue weighted by Gasteiger charge is -2.20. The average molecular weight is 532 g/mol. The number of nitrogens with zero attached hydrogens (tertiary/aromatic N) is 3. The summed E-state index contributed by atoms with van der Waals surface area (Å²) in [5.74, 6) is 0. The van der Waals surface area contributed by atoms with Crippen LogP contribution in [0.4, 0.5) is 0 Å². The minimum Gasteiger partial charge on any atom is -0.135 e. The summed E-state index contributed by atoms with van der Waals surface area (Å²) >= 11 is 1.83. The highest BCUT2D eigenvalue weighted by Crippen LogP contribution is 2.49. The van der Waals surface area contributed by atoms with E-state index < -0.39 is 0 Å². The third-order valence-corrected chi connectivity index (χ3v) is 9.48. The van der Waals surface area contributed by atoms with Crippen LogP contribution in [0.5, 0.6) is 0 Å². The van der Waals surface area contributed by atoms with Crippen molar-refractivity contribution in [1.29, 1.82) is 0 Å². The average Bonchev–Trinajstić information content (AvgIpc) is 3.56. The molecule has 2 aromatic heterocycles. The molecule has 0 N–H and O–H groups in total. The highest BCUT2D eigenvalue weighted by molar-refractivity contribution is 7.25. The minimum atomic E-state index is 0.869. The molecule has 0 bridgehead atoms. The van der Waals surface area contributed by atoms with E-state index in [4.69, 9.17) is 10.2 Å². The Morgan fingerprint density at radius 3 is 2.25 bits per heavy atom. The second kappa shape index (κ2) is 8.94. The Hall–Kier alpha value is -4.67. The quantitative estimate of drug-likeness (QED) is 0.228.